The Morgan fingerprint density at radius 3 is 1.97 bits per heavy atom. The van der Waals surface area contributed by atoms with Gasteiger partial charge < -0.3 is 94.4 Å². The molecule has 92 heavy (non-hydrogen) atoms. The summed E-state index contributed by atoms with van der Waals surface area (Å²) in [7, 11) is 1.27. The van der Waals surface area contributed by atoms with Gasteiger partial charge in [-0.05, 0) is 54.8 Å². The van der Waals surface area contributed by atoms with Crippen molar-refractivity contribution in [1.82, 2.24) is 10.6 Å². The highest BCUT2D eigenvalue weighted by Gasteiger charge is 2.78. The quantitative estimate of drug-likeness (QED) is 0.0427. The number of carbonyl (C=O) groups is 8. The number of methoxy groups -OCH3 is 1. The molecule has 2 saturated carbocycles. The lowest BCUT2D eigenvalue weighted by molar-refractivity contribution is -0.346. The van der Waals surface area contributed by atoms with Crippen molar-refractivity contribution in [3.8, 4) is 0 Å². The number of benzene rings is 3. The summed E-state index contributed by atoms with van der Waals surface area (Å²) in [5, 5.41) is 75.1. The predicted octanol–water partition coefficient (Wildman–Crippen LogP) is 0.703. The molecule has 21 atom stereocenters. The fourth-order valence-corrected chi connectivity index (χ4v) is 14.2. The van der Waals surface area contributed by atoms with E-state index in [0.717, 1.165) is 13.8 Å². The van der Waals surface area contributed by atoms with Crippen LogP contribution in [-0.2, 0) is 76.1 Å². The number of Topliss-reactive ketones (excluding diaryl/α,β-unsaturated/α-hetero) is 1. The van der Waals surface area contributed by atoms with E-state index >= 15 is 9.59 Å². The smallest absolute Gasteiger partial charge is 0.350 e. The second-order valence-corrected chi connectivity index (χ2v) is 25.1. The van der Waals surface area contributed by atoms with Crippen molar-refractivity contribution in [2.45, 2.75) is 183 Å². The number of hydrogen-bond acceptors (Lipinski definition) is 25. The van der Waals surface area contributed by atoms with Gasteiger partial charge >= 0.3 is 29.8 Å². The van der Waals surface area contributed by atoms with Gasteiger partial charge in [-0.3, -0.25) is 28.8 Å². The van der Waals surface area contributed by atoms with Crippen molar-refractivity contribution >= 4 is 47.4 Å². The molecule has 3 aromatic rings. The maximum absolute atomic E-state index is 15.9. The Labute approximate surface area is 530 Å². The van der Waals surface area contributed by atoms with Gasteiger partial charge in [0, 0.05) is 57.1 Å². The molecule has 3 saturated heterocycles. The van der Waals surface area contributed by atoms with Crippen LogP contribution >= 0.6 is 0 Å². The van der Waals surface area contributed by atoms with Crippen LogP contribution in [0, 0.1) is 22.7 Å². The molecule has 27 heteroatoms. The van der Waals surface area contributed by atoms with E-state index < -0.39 is 218 Å². The average molecular weight is 1290 g/mol. The van der Waals surface area contributed by atoms with Crippen LogP contribution in [0.2, 0.25) is 0 Å². The molecule has 9 rings (SSSR count). The number of nitrogens with one attached hydrogen (secondary N) is 2. The van der Waals surface area contributed by atoms with E-state index in [4.69, 9.17) is 53.1 Å². The number of amides is 2. The number of ketones is 1. The van der Waals surface area contributed by atoms with Crippen LogP contribution in [0.15, 0.2) is 102 Å². The van der Waals surface area contributed by atoms with E-state index in [2.05, 4.69) is 10.6 Å². The maximum Gasteiger partial charge on any atom is 0.350 e. The lowest BCUT2D eigenvalue weighted by Crippen LogP contribution is -2.82. The normalized spacial score (nSPS) is 35.3. The Morgan fingerprint density at radius 2 is 1.39 bits per heavy atom. The zero-order chi connectivity index (χ0) is 66.9. The summed E-state index contributed by atoms with van der Waals surface area (Å²) >= 11 is 0. The van der Waals surface area contributed by atoms with Crippen molar-refractivity contribution in [3.05, 3.63) is 119 Å². The first kappa shape index (κ1) is 69.2. The van der Waals surface area contributed by atoms with Gasteiger partial charge in [-0.15, -0.1) is 0 Å². The lowest BCUT2D eigenvalue weighted by atomic mass is 9.44. The molecule has 0 radical (unpaired) electrons. The highest BCUT2D eigenvalue weighted by atomic mass is 16.7. The Morgan fingerprint density at radius 1 is 0.783 bits per heavy atom. The number of fused-ring (bicyclic) bond motifs is 5. The summed E-state index contributed by atoms with van der Waals surface area (Å²) in [6, 6.07) is 19.0. The minimum atomic E-state index is -2.59. The van der Waals surface area contributed by atoms with Crippen LogP contribution in [0.5, 0.6) is 0 Å². The molecule has 500 valence electrons. The lowest BCUT2D eigenvalue weighted by Gasteiger charge is -2.67. The average Bonchev–Trinajstić information content (AvgIpc) is 0.670. The highest BCUT2D eigenvalue weighted by Crippen LogP contribution is 2.64. The number of esters is 5. The zero-order valence-electron chi connectivity index (χ0n) is 52.1. The Kier molecular flexibility index (Phi) is 20.9. The van der Waals surface area contributed by atoms with E-state index in [1.807, 2.05) is 0 Å². The standard InChI is InChI=1S/C65H81N3O24/c1-31-38(27-65(82)56(91-58(80)37-22-16-11-17-23-37)54-63(7,41(73)26-42-64(54,30-84-42)92-34(4)72)55(78)52(85-33(3)71)45(31)62(65,5)6)86-59(81)53(47(35-18-12-9-13-19-35)68-57(79)36-20-14-10-15-21-36)89-44(75)25-24-43(74)67-48-49(76)32(2)39(28-69)87-61(48)90-51-40(29-70)88-60(83-8)46(66)50(51)77/h9-23,32,38-42,46-54,56,60-61,69-70,73,76-77,82H,24-30,66H2,1-8H3,(H,67,74)(H,68,79)/t32?,38-,39?,40?,41-,42+,46?,47?,48?,49?,50?,51?,52+,53?,54-,56?,60?,61?,63+,64+,65+/m0/s1. The monoisotopic (exact) mass is 1290 g/mol. The molecule has 13 unspecified atom stereocenters. The summed E-state index contributed by atoms with van der Waals surface area (Å²) < 4.78 is 60.0. The van der Waals surface area contributed by atoms with Crippen molar-refractivity contribution in [2.75, 3.05) is 26.9 Å². The molecule has 27 nitrogen and oxygen atoms in total. The molecule has 2 bridgehead atoms. The number of aliphatic hydroxyl groups excluding tert-OH is 5. The first-order valence-corrected chi connectivity index (χ1v) is 30.4. The largest absolute Gasteiger partial charge is 0.455 e. The van der Waals surface area contributed by atoms with Crippen LogP contribution < -0.4 is 16.4 Å². The Hall–Kier alpha value is -7.12. The highest BCUT2D eigenvalue weighted by molar-refractivity contribution is 5.96. The zero-order valence-corrected chi connectivity index (χ0v) is 52.1. The van der Waals surface area contributed by atoms with E-state index in [0.29, 0.717) is 0 Å². The number of ether oxygens (including phenoxy) is 10. The molecule has 0 spiro atoms. The van der Waals surface area contributed by atoms with E-state index in [1.165, 1.54) is 78.1 Å². The summed E-state index contributed by atoms with van der Waals surface area (Å²) in [5.74, 6) is -10.7. The Bertz CT molecular complexity index is 3240. The van der Waals surface area contributed by atoms with Gasteiger partial charge in [0.2, 0.25) is 12.0 Å². The second kappa shape index (κ2) is 27.8. The van der Waals surface area contributed by atoms with E-state index in [9.17, 15) is 59.4 Å². The van der Waals surface area contributed by atoms with Gasteiger partial charge in [-0.2, -0.15) is 0 Å². The van der Waals surface area contributed by atoms with Gasteiger partial charge in [0.1, 0.15) is 54.3 Å². The number of carbonyl (C=O) groups excluding carboxylic acids is 8. The van der Waals surface area contributed by atoms with Gasteiger partial charge in [-0.25, -0.2) is 9.59 Å². The number of aliphatic hydroxyl groups is 6. The second-order valence-electron chi connectivity index (χ2n) is 25.1. The van der Waals surface area contributed by atoms with Crippen LogP contribution in [0.25, 0.3) is 0 Å². The van der Waals surface area contributed by atoms with Crippen molar-refractivity contribution in [1.29, 1.82) is 0 Å². The maximum atomic E-state index is 15.9. The predicted molar refractivity (Wildman–Crippen MR) is 315 cm³/mol. The molecule has 5 fully saturated rings. The minimum Gasteiger partial charge on any atom is -0.455 e. The minimum absolute atomic E-state index is 0.0159. The first-order valence-electron chi connectivity index (χ1n) is 30.4. The van der Waals surface area contributed by atoms with E-state index in [1.54, 1.807) is 54.6 Å². The van der Waals surface area contributed by atoms with Gasteiger partial charge in [0.05, 0.1) is 67.5 Å². The van der Waals surface area contributed by atoms with Crippen LogP contribution in [0.4, 0.5) is 0 Å². The topological polar surface area (TPSA) is 400 Å². The molecular weight excluding hydrogens is 1210 g/mol. The fourth-order valence-electron chi connectivity index (χ4n) is 14.2. The van der Waals surface area contributed by atoms with Gasteiger partial charge in [-0.1, -0.05) is 87.5 Å². The summed E-state index contributed by atoms with van der Waals surface area (Å²) in [4.78, 5) is 116. The fraction of sp³-hybridized carbons (Fsp3) is 0.569. The molecule has 10 N–H and O–H groups in total. The molecule has 3 aromatic carbocycles. The molecule has 3 heterocycles. The SMILES string of the molecule is COC1OC(CO)C(OC2OC(CO)C(C)C(O)C2NC(=O)CCC(=O)OC(C(=O)O[C@H]2C[C@@]3(O)C(OC(=O)c4ccccc4)[C@@H]4[C@@]5(OC(C)=O)CO[C@@H]5C[C@H](O)[C@@]4(C)C(=O)[C@H](OC(C)=O)C(=C2C)C3(C)C)C(NC(=O)c2ccccc2)c2ccccc2)C(O)C1N. The summed E-state index contributed by atoms with van der Waals surface area (Å²) in [6.45, 7) is 7.72. The molecule has 2 amide bonds. The number of rotatable bonds is 20. The van der Waals surface area contributed by atoms with Crippen LogP contribution in [0.3, 0.4) is 0 Å². The van der Waals surface area contributed by atoms with Gasteiger partial charge in [0.25, 0.3) is 5.91 Å². The molecule has 0 aromatic heterocycles. The molecule has 3 aliphatic carbocycles. The van der Waals surface area contributed by atoms with Crippen LogP contribution in [0.1, 0.15) is 106 Å². The third kappa shape index (κ3) is 13.0. The molecule has 3 aliphatic heterocycles. The first-order chi connectivity index (χ1) is 43.6. The molecule has 6 aliphatic rings. The summed E-state index contributed by atoms with van der Waals surface area (Å²) in [5.41, 5.74) is -2.19. The van der Waals surface area contributed by atoms with Crippen molar-refractivity contribution < 1.29 is 116 Å². The number of hydrogen-bond donors (Lipinski definition) is 9. The van der Waals surface area contributed by atoms with Crippen molar-refractivity contribution in [3.63, 3.8) is 0 Å². The third-order valence-corrected chi connectivity index (χ3v) is 19.3. The van der Waals surface area contributed by atoms with E-state index in [-0.39, 0.29) is 34.3 Å². The Balaban J connectivity index is 1.09. The van der Waals surface area contributed by atoms with Crippen LogP contribution in [-0.4, -0.2) is 208 Å². The third-order valence-electron chi connectivity index (χ3n) is 19.3. The van der Waals surface area contributed by atoms with Crippen molar-refractivity contribution in [2.24, 2.45) is 28.4 Å². The van der Waals surface area contributed by atoms with Gasteiger partial charge in [0.15, 0.2) is 30.1 Å². The molecular formula is C65H81N3O24. The number of nitrogens with two attached hydrogens (primary N) is 1. The summed E-state index contributed by atoms with van der Waals surface area (Å²) in [6.07, 6.45) is -22.8.